The fraction of sp³-hybridized carbons (Fsp3) is 0.333. The molecule has 0 aliphatic carbocycles. The van der Waals surface area contributed by atoms with Crippen LogP contribution in [0.2, 0.25) is 0 Å². The summed E-state index contributed by atoms with van der Waals surface area (Å²) in [5.41, 5.74) is 4.81. The molecule has 178 valence electrons. The number of hydrogen-bond acceptors (Lipinski definition) is 5. The van der Waals surface area contributed by atoms with Crippen LogP contribution in [0.4, 0.5) is 0 Å². The van der Waals surface area contributed by atoms with Crippen LogP contribution < -0.4 is 4.74 Å². The number of likely N-dealkylation sites (tertiary alicyclic amines) is 1. The van der Waals surface area contributed by atoms with Gasteiger partial charge in [-0.3, -0.25) is 4.90 Å². The summed E-state index contributed by atoms with van der Waals surface area (Å²) in [4.78, 5) is 8.04. The molecule has 1 saturated heterocycles. The molecular weight excluding hydrogens is 444 g/mol. The summed E-state index contributed by atoms with van der Waals surface area (Å²) in [5.74, 6) is 0.891. The van der Waals surface area contributed by atoms with Crippen LogP contribution in [-0.4, -0.2) is 56.5 Å². The molecule has 0 bridgehead atoms. The van der Waals surface area contributed by atoms with Gasteiger partial charge in [-0.2, -0.15) is 9.65 Å². The van der Waals surface area contributed by atoms with Gasteiger partial charge in [-0.15, -0.1) is 0 Å². The Morgan fingerprint density at radius 3 is 2.47 bits per heavy atom. The molecule has 0 radical (unpaired) electrons. The largest absolute Gasteiger partial charge is 0.492 e. The van der Waals surface area contributed by atoms with Crippen molar-refractivity contribution < 1.29 is 9.29 Å². The van der Waals surface area contributed by atoms with Gasteiger partial charge in [-0.1, -0.05) is 38.1 Å². The van der Waals surface area contributed by atoms with Crippen molar-refractivity contribution in [3.8, 4) is 28.0 Å². The molecule has 5 rings (SSSR count). The molecule has 0 spiro atoms. The summed E-state index contributed by atoms with van der Waals surface area (Å²) in [7, 11) is 0. The fourth-order valence-electron chi connectivity index (χ4n) is 4.12. The lowest BCUT2D eigenvalue weighted by Crippen LogP contribution is -2.25. The van der Waals surface area contributed by atoms with E-state index in [0.29, 0.717) is 0 Å². The fourth-order valence-corrected chi connectivity index (χ4v) is 4.69. The van der Waals surface area contributed by atoms with E-state index < -0.39 is 11.2 Å². The van der Waals surface area contributed by atoms with Crippen molar-refractivity contribution in [3.63, 3.8) is 0 Å². The van der Waals surface area contributed by atoms with Crippen molar-refractivity contribution in [2.75, 3.05) is 32.5 Å². The highest BCUT2D eigenvalue weighted by atomic mass is 32.2. The SMILES string of the molecule is CC.C[S+](O)c1cccc(-c2cnn3cc(-c4ccc(OCCN5CCCC5)cc4)cnc23)c1. The highest BCUT2D eigenvalue weighted by Crippen LogP contribution is 2.28. The third-order valence-electron chi connectivity index (χ3n) is 5.91. The summed E-state index contributed by atoms with van der Waals surface area (Å²) in [6.45, 7) is 8.10. The van der Waals surface area contributed by atoms with Gasteiger partial charge >= 0.3 is 0 Å². The Kier molecular flexibility index (Phi) is 8.21. The van der Waals surface area contributed by atoms with E-state index in [1.807, 2.05) is 73.4 Å². The minimum atomic E-state index is -0.779. The lowest BCUT2D eigenvalue weighted by molar-refractivity contribution is 0.238. The van der Waals surface area contributed by atoms with Crippen LogP contribution in [0.25, 0.3) is 27.9 Å². The molecule has 0 saturated carbocycles. The zero-order chi connectivity index (χ0) is 23.9. The highest BCUT2D eigenvalue weighted by molar-refractivity contribution is 7.90. The maximum atomic E-state index is 9.92. The van der Waals surface area contributed by atoms with Gasteiger partial charge in [0.1, 0.15) is 18.6 Å². The molecule has 6 nitrogen and oxygen atoms in total. The molecule has 0 amide bonds. The van der Waals surface area contributed by atoms with Gasteiger partial charge < -0.3 is 4.74 Å². The lowest BCUT2D eigenvalue weighted by atomic mass is 10.1. The number of hydrogen-bond donors (Lipinski definition) is 1. The molecule has 1 unspecified atom stereocenters. The van der Waals surface area contributed by atoms with Crippen LogP contribution in [0.1, 0.15) is 26.7 Å². The standard InChI is InChI=1S/C25H27N4O2S.C2H6/c1-32(30)23-6-4-5-20(15-23)24-17-27-29-18-21(16-26-25(24)29)19-7-9-22(10-8-19)31-14-13-28-11-2-3-12-28;1-2/h4-10,15-18,30H,2-3,11-14H2,1H3;1-2H3/q+1;. The molecule has 1 aliphatic rings. The smallest absolute Gasteiger partial charge is 0.190 e. The number of ether oxygens (including phenoxy) is 1. The summed E-state index contributed by atoms with van der Waals surface area (Å²) < 4.78 is 17.6. The van der Waals surface area contributed by atoms with Crippen LogP contribution in [0.5, 0.6) is 5.75 Å². The Hall–Kier alpha value is -2.87. The van der Waals surface area contributed by atoms with E-state index in [9.17, 15) is 4.55 Å². The van der Waals surface area contributed by atoms with Gasteiger partial charge in [-0.25, -0.2) is 9.50 Å². The van der Waals surface area contributed by atoms with Crippen molar-refractivity contribution in [2.45, 2.75) is 31.6 Å². The highest BCUT2D eigenvalue weighted by Gasteiger charge is 2.16. The van der Waals surface area contributed by atoms with Gasteiger partial charge in [0.05, 0.1) is 6.20 Å². The van der Waals surface area contributed by atoms with Crippen LogP contribution in [-0.2, 0) is 11.2 Å². The van der Waals surface area contributed by atoms with Crippen molar-refractivity contribution >= 4 is 16.8 Å². The van der Waals surface area contributed by atoms with Crippen molar-refractivity contribution in [2.24, 2.45) is 0 Å². The van der Waals surface area contributed by atoms with Gasteiger partial charge in [0.2, 0.25) is 0 Å². The zero-order valence-corrected chi connectivity index (χ0v) is 21.0. The Bertz CT molecular complexity index is 1200. The zero-order valence-electron chi connectivity index (χ0n) is 20.1. The quantitative estimate of drug-likeness (QED) is 0.349. The monoisotopic (exact) mass is 477 g/mol. The van der Waals surface area contributed by atoms with Crippen LogP contribution >= 0.6 is 0 Å². The Labute approximate surface area is 204 Å². The van der Waals surface area contributed by atoms with E-state index in [0.717, 1.165) is 51.7 Å². The Morgan fingerprint density at radius 1 is 0.971 bits per heavy atom. The average molecular weight is 478 g/mol. The third kappa shape index (κ3) is 5.60. The van der Waals surface area contributed by atoms with E-state index in [4.69, 9.17) is 4.74 Å². The second-order valence-electron chi connectivity index (χ2n) is 8.10. The van der Waals surface area contributed by atoms with Crippen molar-refractivity contribution in [1.29, 1.82) is 0 Å². The Morgan fingerprint density at radius 2 is 1.74 bits per heavy atom. The molecule has 3 heterocycles. The van der Waals surface area contributed by atoms with Crippen molar-refractivity contribution in [1.82, 2.24) is 19.5 Å². The Balaban J connectivity index is 0.00000133. The summed E-state index contributed by atoms with van der Waals surface area (Å²) in [5, 5.41) is 4.52. The first-order valence-electron chi connectivity index (χ1n) is 11.9. The maximum Gasteiger partial charge on any atom is 0.190 e. The second kappa shape index (κ2) is 11.5. The molecule has 2 aromatic heterocycles. The number of aromatic nitrogens is 3. The van der Waals surface area contributed by atoms with Gasteiger partial charge in [0, 0.05) is 36.1 Å². The maximum absolute atomic E-state index is 9.92. The number of fused-ring (bicyclic) bond motifs is 1. The first-order valence-corrected chi connectivity index (χ1v) is 13.5. The number of nitrogens with zero attached hydrogens (tertiary/aromatic N) is 4. The van der Waals surface area contributed by atoms with E-state index in [1.165, 1.54) is 25.9 Å². The molecule has 4 aromatic rings. The molecule has 7 heteroatoms. The third-order valence-corrected chi connectivity index (χ3v) is 6.84. The molecule has 2 aromatic carbocycles. The molecular formula is C27H33N4O2S+. The van der Waals surface area contributed by atoms with Crippen LogP contribution in [0.3, 0.4) is 0 Å². The number of rotatable bonds is 7. The molecule has 34 heavy (non-hydrogen) atoms. The van der Waals surface area contributed by atoms with E-state index in [-0.39, 0.29) is 0 Å². The minimum absolute atomic E-state index is 0.722. The van der Waals surface area contributed by atoms with E-state index in [1.54, 1.807) is 6.26 Å². The molecule has 1 fully saturated rings. The molecule has 1 N–H and O–H groups in total. The first-order chi connectivity index (χ1) is 16.7. The second-order valence-corrected chi connectivity index (χ2v) is 9.52. The minimum Gasteiger partial charge on any atom is -0.492 e. The van der Waals surface area contributed by atoms with Crippen molar-refractivity contribution in [3.05, 3.63) is 67.1 Å². The topological polar surface area (TPSA) is 62.9 Å². The normalized spacial score (nSPS) is 14.6. The van der Waals surface area contributed by atoms with Crippen LogP contribution in [0, 0.1) is 0 Å². The summed E-state index contributed by atoms with van der Waals surface area (Å²) in [6.07, 6.45) is 10.1. The summed E-state index contributed by atoms with van der Waals surface area (Å²) >= 11 is -0.779. The average Bonchev–Trinajstić information content (AvgIpc) is 3.55. The van der Waals surface area contributed by atoms with E-state index >= 15 is 0 Å². The van der Waals surface area contributed by atoms with Gasteiger partial charge in [0.25, 0.3) is 0 Å². The molecule has 1 atom stereocenters. The predicted octanol–water partition coefficient (Wildman–Crippen LogP) is 5.64. The summed E-state index contributed by atoms with van der Waals surface area (Å²) in [6, 6.07) is 16.1. The first kappa shape index (κ1) is 24.3. The van der Waals surface area contributed by atoms with Gasteiger partial charge in [-0.05, 0) is 55.3 Å². The molecule has 1 aliphatic heterocycles. The van der Waals surface area contributed by atoms with Gasteiger partial charge in [0.15, 0.2) is 21.7 Å². The predicted molar refractivity (Wildman–Crippen MR) is 141 cm³/mol. The number of benzene rings is 2. The van der Waals surface area contributed by atoms with Crippen LogP contribution in [0.15, 0.2) is 72.0 Å². The lowest BCUT2D eigenvalue weighted by Gasteiger charge is -2.15. The van der Waals surface area contributed by atoms with E-state index in [2.05, 4.69) is 27.1 Å².